The van der Waals surface area contributed by atoms with Crippen LogP contribution in [-0.4, -0.2) is 98.7 Å². The first kappa shape index (κ1) is 28.1. The molecule has 11 nitrogen and oxygen atoms in total. The summed E-state index contributed by atoms with van der Waals surface area (Å²) in [4.78, 5) is 62.5. The van der Waals surface area contributed by atoms with Crippen LogP contribution in [0, 0.1) is 0 Å². The van der Waals surface area contributed by atoms with Gasteiger partial charge in [0.15, 0.2) is 0 Å². The van der Waals surface area contributed by atoms with Crippen LogP contribution in [0.5, 0.6) is 0 Å². The standard InChI is InChI=1S/C20H32N2O9/c1-6-28-16(23)11-21(12-17(24)29-7-2)10-15(5)20(27)22(13-18(25)30-8-3)14-19(26)31-9-4/h5-14H2,1-4H3. The smallest absolute Gasteiger partial charge is 0.325 e. The first-order valence-electron chi connectivity index (χ1n) is 10.00. The van der Waals surface area contributed by atoms with Crippen LogP contribution in [0.4, 0.5) is 0 Å². The van der Waals surface area contributed by atoms with Gasteiger partial charge in [-0.15, -0.1) is 0 Å². The number of amides is 1. The van der Waals surface area contributed by atoms with Gasteiger partial charge in [0, 0.05) is 12.1 Å². The number of carbonyl (C=O) groups excluding carboxylic acids is 5. The maximum atomic E-state index is 12.8. The molecule has 0 atom stereocenters. The molecule has 0 aromatic heterocycles. The minimum atomic E-state index is -0.723. The number of ether oxygens (including phenoxy) is 4. The molecule has 31 heavy (non-hydrogen) atoms. The molecule has 11 heteroatoms. The molecule has 0 aromatic carbocycles. The van der Waals surface area contributed by atoms with Crippen LogP contribution in [0.3, 0.4) is 0 Å². The molecule has 0 heterocycles. The summed E-state index contributed by atoms with van der Waals surface area (Å²) in [6, 6.07) is 0. The fraction of sp³-hybridized carbons (Fsp3) is 0.650. The average Bonchev–Trinajstić information content (AvgIpc) is 2.67. The third-order valence-corrected chi connectivity index (χ3v) is 3.57. The quantitative estimate of drug-likeness (QED) is 0.192. The number of hydrogen-bond acceptors (Lipinski definition) is 10. The van der Waals surface area contributed by atoms with Crippen molar-refractivity contribution >= 4 is 29.8 Å². The molecule has 0 bridgehead atoms. The number of hydrogen-bond donors (Lipinski definition) is 0. The largest absolute Gasteiger partial charge is 0.465 e. The minimum Gasteiger partial charge on any atom is -0.465 e. The maximum Gasteiger partial charge on any atom is 0.325 e. The van der Waals surface area contributed by atoms with Gasteiger partial charge in [0.25, 0.3) is 5.91 Å². The Hall–Kier alpha value is -2.95. The molecule has 0 aromatic rings. The SMILES string of the molecule is C=C(CN(CC(=O)OCC)CC(=O)OCC)C(=O)N(CC(=O)OCC)CC(=O)OCC. The van der Waals surface area contributed by atoms with Crippen LogP contribution in [0.2, 0.25) is 0 Å². The first-order valence-corrected chi connectivity index (χ1v) is 10.00. The normalized spacial score (nSPS) is 10.2. The Morgan fingerprint density at radius 2 is 0.903 bits per heavy atom. The van der Waals surface area contributed by atoms with Gasteiger partial charge >= 0.3 is 23.9 Å². The summed E-state index contributed by atoms with van der Waals surface area (Å²) in [6.07, 6.45) is 0. The lowest BCUT2D eigenvalue weighted by Gasteiger charge is -2.25. The van der Waals surface area contributed by atoms with E-state index in [2.05, 4.69) is 6.58 Å². The van der Waals surface area contributed by atoms with Crippen molar-refractivity contribution < 1.29 is 42.9 Å². The predicted octanol–water partition coefficient (Wildman–Crippen LogP) is -0.0744. The van der Waals surface area contributed by atoms with Gasteiger partial charge in [-0.05, 0) is 27.7 Å². The molecule has 0 aliphatic heterocycles. The van der Waals surface area contributed by atoms with Crippen molar-refractivity contribution in [1.29, 1.82) is 0 Å². The van der Waals surface area contributed by atoms with Gasteiger partial charge in [-0.25, -0.2) is 0 Å². The molecule has 0 saturated heterocycles. The fourth-order valence-electron chi connectivity index (χ4n) is 2.43. The summed E-state index contributed by atoms with van der Waals surface area (Å²) in [5.74, 6) is -3.33. The number of esters is 4. The van der Waals surface area contributed by atoms with Crippen molar-refractivity contribution in [2.75, 3.05) is 59.2 Å². The first-order chi connectivity index (χ1) is 14.7. The lowest BCUT2D eigenvalue weighted by Crippen LogP contribution is -2.44. The van der Waals surface area contributed by atoms with Crippen molar-refractivity contribution in [3.63, 3.8) is 0 Å². The number of carbonyl (C=O) groups is 5. The van der Waals surface area contributed by atoms with Crippen LogP contribution in [0.15, 0.2) is 12.2 Å². The molecular weight excluding hydrogens is 412 g/mol. The molecule has 0 radical (unpaired) electrons. The molecule has 0 spiro atoms. The third-order valence-electron chi connectivity index (χ3n) is 3.57. The summed E-state index contributed by atoms with van der Waals surface area (Å²) in [5, 5.41) is 0. The third kappa shape index (κ3) is 12.4. The van der Waals surface area contributed by atoms with Crippen molar-refractivity contribution in [2.45, 2.75) is 27.7 Å². The van der Waals surface area contributed by atoms with E-state index in [1.807, 2.05) is 0 Å². The Bertz CT molecular complexity index is 609. The monoisotopic (exact) mass is 444 g/mol. The van der Waals surface area contributed by atoms with Crippen molar-refractivity contribution in [3.05, 3.63) is 12.2 Å². The molecule has 0 unspecified atom stereocenters. The molecule has 0 fully saturated rings. The Morgan fingerprint density at radius 3 is 1.23 bits per heavy atom. The minimum absolute atomic E-state index is 0.0535. The van der Waals surface area contributed by atoms with E-state index in [4.69, 9.17) is 18.9 Å². The lowest BCUT2D eigenvalue weighted by molar-refractivity contribution is -0.152. The Kier molecular flexibility index (Phi) is 14.3. The molecule has 176 valence electrons. The summed E-state index contributed by atoms with van der Waals surface area (Å²) in [7, 11) is 0. The van der Waals surface area contributed by atoms with Gasteiger partial charge in [0.2, 0.25) is 0 Å². The van der Waals surface area contributed by atoms with Crippen LogP contribution in [-0.2, 0) is 42.9 Å². The summed E-state index contributed by atoms with van der Waals surface area (Å²) in [5.41, 5.74) is -0.0535. The second-order valence-corrected chi connectivity index (χ2v) is 6.13. The zero-order valence-electron chi connectivity index (χ0n) is 18.6. The second kappa shape index (κ2) is 15.8. The molecule has 0 rings (SSSR count). The van der Waals surface area contributed by atoms with Crippen molar-refractivity contribution in [1.82, 2.24) is 9.80 Å². The van der Waals surface area contributed by atoms with Gasteiger partial charge in [0.1, 0.15) is 13.1 Å². The van der Waals surface area contributed by atoms with E-state index in [1.54, 1.807) is 27.7 Å². The molecule has 0 aliphatic rings. The van der Waals surface area contributed by atoms with E-state index in [9.17, 15) is 24.0 Å². The van der Waals surface area contributed by atoms with Gasteiger partial charge < -0.3 is 23.8 Å². The summed E-state index contributed by atoms with van der Waals surface area (Å²) < 4.78 is 19.4. The highest BCUT2D eigenvalue weighted by Crippen LogP contribution is 2.06. The molecule has 0 aliphatic carbocycles. The van der Waals surface area contributed by atoms with Gasteiger partial charge in [-0.2, -0.15) is 0 Å². The van der Waals surface area contributed by atoms with E-state index in [-0.39, 0.29) is 51.6 Å². The van der Waals surface area contributed by atoms with Crippen molar-refractivity contribution in [3.8, 4) is 0 Å². The average molecular weight is 444 g/mol. The Morgan fingerprint density at radius 1 is 0.581 bits per heavy atom. The van der Waals surface area contributed by atoms with Gasteiger partial charge in [-0.3, -0.25) is 28.9 Å². The zero-order valence-corrected chi connectivity index (χ0v) is 18.6. The van der Waals surface area contributed by atoms with E-state index >= 15 is 0 Å². The topological polar surface area (TPSA) is 129 Å². The van der Waals surface area contributed by atoms with Gasteiger partial charge in [0.05, 0.1) is 39.5 Å². The Labute approximate surface area is 182 Å². The van der Waals surface area contributed by atoms with E-state index in [1.165, 1.54) is 4.90 Å². The van der Waals surface area contributed by atoms with Crippen LogP contribution < -0.4 is 0 Å². The highest BCUT2D eigenvalue weighted by atomic mass is 16.5. The van der Waals surface area contributed by atoms with E-state index in [0.29, 0.717) is 0 Å². The molecule has 0 saturated carbocycles. The van der Waals surface area contributed by atoms with Crippen LogP contribution in [0.1, 0.15) is 27.7 Å². The predicted molar refractivity (Wildman–Crippen MR) is 109 cm³/mol. The summed E-state index contributed by atoms with van der Waals surface area (Å²) in [6.45, 7) is 8.96. The van der Waals surface area contributed by atoms with Crippen LogP contribution in [0.25, 0.3) is 0 Å². The second-order valence-electron chi connectivity index (χ2n) is 6.13. The van der Waals surface area contributed by atoms with E-state index in [0.717, 1.165) is 4.90 Å². The fourth-order valence-corrected chi connectivity index (χ4v) is 2.43. The molecular formula is C20H32N2O9. The molecule has 1 amide bonds. The van der Waals surface area contributed by atoms with E-state index < -0.39 is 42.9 Å². The Balaban J connectivity index is 5.35. The summed E-state index contributed by atoms with van der Waals surface area (Å²) >= 11 is 0. The maximum absolute atomic E-state index is 12.8. The van der Waals surface area contributed by atoms with Crippen LogP contribution >= 0.6 is 0 Å². The zero-order chi connectivity index (χ0) is 23.8. The highest BCUT2D eigenvalue weighted by Gasteiger charge is 2.26. The number of rotatable bonds is 15. The molecule has 0 N–H and O–H groups in total. The van der Waals surface area contributed by atoms with Gasteiger partial charge in [-0.1, -0.05) is 6.58 Å². The van der Waals surface area contributed by atoms with Crippen molar-refractivity contribution in [2.24, 2.45) is 0 Å². The highest BCUT2D eigenvalue weighted by molar-refractivity contribution is 5.97. The number of nitrogens with zero attached hydrogens (tertiary/aromatic N) is 2. The lowest BCUT2D eigenvalue weighted by atomic mass is 10.2.